The van der Waals surface area contributed by atoms with Gasteiger partial charge in [-0.1, -0.05) is 44.2 Å². The van der Waals surface area contributed by atoms with Crippen molar-refractivity contribution in [2.24, 2.45) is 5.92 Å². The number of likely N-dealkylation sites (N-methyl/N-ethyl adjacent to an activating group) is 1. The number of nitrogens with zero attached hydrogens (tertiary/aromatic N) is 1. The summed E-state index contributed by atoms with van der Waals surface area (Å²) in [5.74, 6) is 0.684. The predicted molar refractivity (Wildman–Crippen MR) is 77.6 cm³/mol. The number of rotatable bonds is 6. The molecule has 0 heterocycles. The first-order valence-corrected chi connectivity index (χ1v) is 6.81. The van der Waals surface area contributed by atoms with Crippen molar-refractivity contribution in [3.63, 3.8) is 0 Å². The van der Waals surface area contributed by atoms with Crippen molar-refractivity contribution in [3.8, 4) is 0 Å². The molecule has 102 valence electrons. The molecule has 2 nitrogen and oxygen atoms in total. The van der Waals surface area contributed by atoms with Crippen LogP contribution < -0.4 is 0 Å². The molecule has 1 N–H and O–H groups in total. The van der Waals surface area contributed by atoms with Crippen molar-refractivity contribution in [1.29, 1.82) is 0 Å². The Morgan fingerprint density at radius 2 is 1.72 bits per heavy atom. The molecule has 0 aromatic heterocycles. The molecule has 0 aliphatic rings. The molecule has 0 saturated carbocycles. The Bertz CT molecular complexity index is 345. The molecule has 0 aliphatic heterocycles. The van der Waals surface area contributed by atoms with E-state index in [9.17, 15) is 5.11 Å². The largest absolute Gasteiger partial charge is 0.384 e. The van der Waals surface area contributed by atoms with Crippen molar-refractivity contribution in [2.75, 3.05) is 13.6 Å². The predicted octanol–water partition coefficient (Wildman–Crippen LogP) is 3.26. The Hall–Kier alpha value is -0.860. The third-order valence-corrected chi connectivity index (χ3v) is 3.52. The first kappa shape index (κ1) is 15.2. The molecule has 2 heteroatoms. The standard InChI is InChI=1S/C16H27NO/c1-13(2)11-14(3)17(5)12-16(4,18)15-9-7-6-8-10-15/h6-10,13-14,18H,11-12H2,1-5H3. The van der Waals surface area contributed by atoms with Crippen LogP contribution in [0.15, 0.2) is 30.3 Å². The van der Waals surface area contributed by atoms with E-state index in [0.29, 0.717) is 18.5 Å². The molecule has 0 saturated heterocycles. The molecule has 18 heavy (non-hydrogen) atoms. The highest BCUT2D eigenvalue weighted by atomic mass is 16.3. The Morgan fingerprint density at radius 3 is 2.22 bits per heavy atom. The van der Waals surface area contributed by atoms with Gasteiger partial charge in [0.25, 0.3) is 0 Å². The molecule has 1 aromatic carbocycles. The molecule has 0 bridgehead atoms. The molecule has 0 radical (unpaired) electrons. The fraction of sp³-hybridized carbons (Fsp3) is 0.625. The van der Waals surface area contributed by atoms with Crippen LogP contribution in [0, 0.1) is 5.92 Å². The molecule has 2 atom stereocenters. The highest BCUT2D eigenvalue weighted by Gasteiger charge is 2.26. The SMILES string of the molecule is CC(C)CC(C)N(C)CC(C)(O)c1ccccc1. The monoisotopic (exact) mass is 249 g/mol. The minimum Gasteiger partial charge on any atom is -0.384 e. The second-order valence-corrected chi connectivity index (χ2v) is 6.03. The fourth-order valence-electron chi connectivity index (χ4n) is 2.39. The first-order chi connectivity index (χ1) is 8.33. The zero-order valence-corrected chi connectivity index (χ0v) is 12.4. The molecule has 0 spiro atoms. The lowest BCUT2D eigenvalue weighted by Crippen LogP contribution is -2.41. The average Bonchev–Trinajstić information content (AvgIpc) is 2.28. The van der Waals surface area contributed by atoms with Crippen molar-refractivity contribution in [1.82, 2.24) is 4.90 Å². The van der Waals surface area contributed by atoms with Crippen molar-refractivity contribution < 1.29 is 5.11 Å². The summed E-state index contributed by atoms with van der Waals surface area (Å²) in [6.07, 6.45) is 1.15. The Labute approximate surface area is 112 Å². The van der Waals surface area contributed by atoms with Gasteiger partial charge < -0.3 is 10.0 Å². The third kappa shape index (κ3) is 4.43. The van der Waals surface area contributed by atoms with E-state index < -0.39 is 5.60 Å². The van der Waals surface area contributed by atoms with Crippen LogP contribution in [0.1, 0.15) is 39.7 Å². The molecule has 0 amide bonds. The van der Waals surface area contributed by atoms with Gasteiger partial charge in [0.15, 0.2) is 0 Å². The van der Waals surface area contributed by atoms with Crippen LogP contribution in [-0.2, 0) is 5.60 Å². The van der Waals surface area contributed by atoms with Gasteiger partial charge in [-0.05, 0) is 38.8 Å². The normalized spacial score (nSPS) is 16.9. The minimum atomic E-state index is -0.790. The highest BCUT2D eigenvalue weighted by molar-refractivity contribution is 5.21. The van der Waals surface area contributed by atoms with E-state index in [1.165, 1.54) is 0 Å². The van der Waals surface area contributed by atoms with Crippen LogP contribution in [0.4, 0.5) is 0 Å². The molecular weight excluding hydrogens is 222 g/mol. The van der Waals surface area contributed by atoms with Crippen LogP contribution in [0.3, 0.4) is 0 Å². The molecule has 2 unspecified atom stereocenters. The van der Waals surface area contributed by atoms with Gasteiger partial charge in [0.1, 0.15) is 0 Å². The van der Waals surface area contributed by atoms with E-state index in [4.69, 9.17) is 0 Å². The molecular formula is C16H27NO. The smallest absolute Gasteiger partial charge is 0.0994 e. The van der Waals surface area contributed by atoms with Crippen LogP contribution in [0.5, 0.6) is 0 Å². The maximum atomic E-state index is 10.6. The van der Waals surface area contributed by atoms with Crippen molar-refractivity contribution >= 4 is 0 Å². The van der Waals surface area contributed by atoms with Gasteiger partial charge in [-0.15, -0.1) is 0 Å². The topological polar surface area (TPSA) is 23.5 Å². The molecule has 1 aromatic rings. The van der Waals surface area contributed by atoms with E-state index >= 15 is 0 Å². The van der Waals surface area contributed by atoms with Crippen molar-refractivity contribution in [2.45, 2.75) is 45.8 Å². The average molecular weight is 249 g/mol. The van der Waals surface area contributed by atoms with Crippen LogP contribution in [-0.4, -0.2) is 29.6 Å². The molecule has 0 aliphatic carbocycles. The summed E-state index contributed by atoms with van der Waals surface area (Å²) in [6, 6.07) is 10.4. The summed E-state index contributed by atoms with van der Waals surface area (Å²) in [6.45, 7) is 9.24. The second kappa shape index (κ2) is 6.35. The van der Waals surface area contributed by atoms with E-state index in [1.807, 2.05) is 37.3 Å². The second-order valence-electron chi connectivity index (χ2n) is 6.03. The van der Waals surface area contributed by atoms with Crippen molar-refractivity contribution in [3.05, 3.63) is 35.9 Å². The van der Waals surface area contributed by atoms with Gasteiger partial charge in [0.05, 0.1) is 5.60 Å². The van der Waals surface area contributed by atoms with E-state index in [-0.39, 0.29) is 0 Å². The molecule has 0 fully saturated rings. The van der Waals surface area contributed by atoms with Gasteiger partial charge in [-0.2, -0.15) is 0 Å². The van der Waals surface area contributed by atoms with Crippen LogP contribution >= 0.6 is 0 Å². The Kier molecular flexibility index (Phi) is 5.36. The third-order valence-electron chi connectivity index (χ3n) is 3.52. The summed E-state index contributed by atoms with van der Waals surface area (Å²) in [4.78, 5) is 2.24. The number of hydrogen-bond acceptors (Lipinski definition) is 2. The summed E-state index contributed by atoms with van der Waals surface area (Å²) in [5.41, 5.74) is 0.190. The number of benzene rings is 1. The zero-order valence-electron chi connectivity index (χ0n) is 12.4. The lowest BCUT2D eigenvalue weighted by atomic mass is 9.94. The van der Waals surface area contributed by atoms with Gasteiger partial charge in [0.2, 0.25) is 0 Å². The molecule has 1 rings (SSSR count). The Balaban J connectivity index is 2.65. The first-order valence-electron chi connectivity index (χ1n) is 6.81. The van der Waals surface area contributed by atoms with E-state index in [0.717, 1.165) is 12.0 Å². The van der Waals surface area contributed by atoms with E-state index in [2.05, 4.69) is 32.7 Å². The number of aliphatic hydroxyl groups is 1. The van der Waals surface area contributed by atoms with Gasteiger partial charge >= 0.3 is 0 Å². The highest BCUT2D eigenvalue weighted by Crippen LogP contribution is 2.22. The maximum Gasteiger partial charge on any atom is 0.0994 e. The fourth-order valence-corrected chi connectivity index (χ4v) is 2.39. The quantitative estimate of drug-likeness (QED) is 0.836. The summed E-state index contributed by atoms with van der Waals surface area (Å²) in [5, 5.41) is 10.6. The van der Waals surface area contributed by atoms with Crippen LogP contribution in [0.25, 0.3) is 0 Å². The van der Waals surface area contributed by atoms with Crippen LogP contribution in [0.2, 0.25) is 0 Å². The number of hydrogen-bond donors (Lipinski definition) is 1. The maximum absolute atomic E-state index is 10.6. The van der Waals surface area contributed by atoms with Gasteiger partial charge in [-0.3, -0.25) is 0 Å². The summed E-state index contributed by atoms with van der Waals surface area (Å²) >= 11 is 0. The summed E-state index contributed by atoms with van der Waals surface area (Å²) < 4.78 is 0. The van der Waals surface area contributed by atoms with E-state index in [1.54, 1.807) is 0 Å². The van der Waals surface area contributed by atoms with Gasteiger partial charge in [-0.25, -0.2) is 0 Å². The zero-order chi connectivity index (χ0) is 13.8. The minimum absolute atomic E-state index is 0.486. The lowest BCUT2D eigenvalue weighted by molar-refractivity contribution is 0.0111. The van der Waals surface area contributed by atoms with Gasteiger partial charge in [0, 0.05) is 12.6 Å². The lowest BCUT2D eigenvalue weighted by Gasteiger charge is -2.33. The Morgan fingerprint density at radius 1 is 1.17 bits per heavy atom. The summed E-state index contributed by atoms with van der Waals surface area (Å²) in [7, 11) is 2.09.